The van der Waals surface area contributed by atoms with Crippen molar-refractivity contribution in [1.29, 1.82) is 0 Å². The minimum absolute atomic E-state index is 0.565. The number of hydrogen-bond acceptors (Lipinski definition) is 1. The number of rotatable bonds is 2. The average Bonchev–Trinajstić information content (AvgIpc) is 2.29. The zero-order chi connectivity index (χ0) is 11.5. The first-order chi connectivity index (χ1) is 7.68. The quantitative estimate of drug-likeness (QED) is 0.844. The highest BCUT2D eigenvalue weighted by Gasteiger charge is 2.17. The van der Waals surface area contributed by atoms with E-state index in [0.717, 1.165) is 12.0 Å². The fraction of sp³-hybridized carbons (Fsp3) is 0.154. The summed E-state index contributed by atoms with van der Waals surface area (Å²) >= 11 is 11.9. The van der Waals surface area contributed by atoms with Crippen molar-refractivity contribution in [3.63, 3.8) is 0 Å². The van der Waals surface area contributed by atoms with Gasteiger partial charge in [0.1, 0.15) is 6.10 Å². The van der Waals surface area contributed by atoms with Crippen LogP contribution in [-0.2, 0) is 0 Å². The molecule has 0 spiro atoms. The van der Waals surface area contributed by atoms with Crippen molar-refractivity contribution < 1.29 is 5.11 Å². The lowest BCUT2D eigenvalue weighted by molar-refractivity contribution is 0.217. The fourth-order valence-electron chi connectivity index (χ4n) is 1.65. The van der Waals surface area contributed by atoms with Gasteiger partial charge in [-0.05, 0) is 30.6 Å². The van der Waals surface area contributed by atoms with E-state index in [4.69, 9.17) is 23.2 Å². The Morgan fingerprint density at radius 3 is 2.62 bits per heavy atom. The lowest BCUT2D eigenvalue weighted by Gasteiger charge is -2.18. The van der Waals surface area contributed by atoms with Crippen LogP contribution in [0.15, 0.2) is 47.0 Å². The molecule has 1 aliphatic rings. The maximum Gasteiger partial charge on any atom is 0.102 e. The maximum atomic E-state index is 10.2. The molecule has 1 aromatic carbocycles. The minimum atomic E-state index is -0.712. The molecule has 1 aliphatic carbocycles. The molecular formula is C13H11Cl2O. The summed E-state index contributed by atoms with van der Waals surface area (Å²) in [6, 6.07) is 7.27. The van der Waals surface area contributed by atoms with Crippen molar-refractivity contribution in [2.75, 3.05) is 0 Å². The topological polar surface area (TPSA) is 20.2 Å². The van der Waals surface area contributed by atoms with E-state index >= 15 is 0 Å². The van der Waals surface area contributed by atoms with E-state index in [1.54, 1.807) is 12.1 Å². The Hall–Kier alpha value is -0.760. The standard InChI is InChI=1S/C13H11Cl2O/c14-10-5-3-4-9(8-10)13(16)11-6-1-2-7-12(11)15/h1-2,4-8,13,16H,3H2. The molecule has 0 aromatic heterocycles. The Kier molecular flexibility index (Phi) is 3.70. The van der Waals surface area contributed by atoms with Crippen LogP contribution in [0.4, 0.5) is 0 Å². The van der Waals surface area contributed by atoms with Gasteiger partial charge in [-0.1, -0.05) is 47.5 Å². The van der Waals surface area contributed by atoms with Crippen LogP contribution < -0.4 is 0 Å². The van der Waals surface area contributed by atoms with Gasteiger partial charge in [-0.25, -0.2) is 0 Å². The average molecular weight is 254 g/mol. The number of halogens is 2. The molecule has 0 amide bonds. The molecule has 1 aromatic rings. The first-order valence-electron chi connectivity index (χ1n) is 5.01. The van der Waals surface area contributed by atoms with Crippen LogP contribution in [0.25, 0.3) is 0 Å². The Bertz CT molecular complexity index is 449. The smallest absolute Gasteiger partial charge is 0.102 e. The van der Waals surface area contributed by atoms with Gasteiger partial charge in [-0.3, -0.25) is 0 Å². The van der Waals surface area contributed by atoms with E-state index in [1.807, 2.05) is 30.7 Å². The second kappa shape index (κ2) is 5.05. The van der Waals surface area contributed by atoms with Gasteiger partial charge in [-0.2, -0.15) is 0 Å². The largest absolute Gasteiger partial charge is 0.384 e. The molecule has 0 saturated heterocycles. The molecular weight excluding hydrogens is 243 g/mol. The zero-order valence-electron chi connectivity index (χ0n) is 8.53. The van der Waals surface area contributed by atoms with Crippen molar-refractivity contribution in [2.24, 2.45) is 0 Å². The summed E-state index contributed by atoms with van der Waals surface area (Å²) < 4.78 is 0. The predicted molar refractivity (Wildman–Crippen MR) is 67.3 cm³/mol. The SMILES string of the molecule is OC(C1=CC(Cl)=CC[CH]1)c1ccccc1Cl. The van der Waals surface area contributed by atoms with Gasteiger partial charge in [0.05, 0.1) is 0 Å². The van der Waals surface area contributed by atoms with Crippen molar-refractivity contribution in [2.45, 2.75) is 12.5 Å². The third-order valence-corrected chi connectivity index (χ3v) is 3.09. The van der Waals surface area contributed by atoms with Crippen molar-refractivity contribution in [1.82, 2.24) is 0 Å². The molecule has 1 nitrogen and oxygen atoms in total. The van der Waals surface area contributed by atoms with E-state index < -0.39 is 6.10 Å². The van der Waals surface area contributed by atoms with Crippen LogP contribution in [0.1, 0.15) is 18.1 Å². The van der Waals surface area contributed by atoms with Gasteiger partial charge in [-0.15, -0.1) is 0 Å². The lowest BCUT2D eigenvalue weighted by atomic mass is 9.95. The molecule has 1 unspecified atom stereocenters. The molecule has 0 fully saturated rings. The summed E-state index contributed by atoms with van der Waals surface area (Å²) in [5.41, 5.74) is 1.50. The second-order valence-electron chi connectivity index (χ2n) is 3.60. The van der Waals surface area contributed by atoms with Gasteiger partial charge in [0.15, 0.2) is 0 Å². The summed E-state index contributed by atoms with van der Waals surface area (Å²) in [6.45, 7) is 0. The molecule has 0 heterocycles. The number of allylic oxidation sites excluding steroid dienone is 3. The molecule has 0 bridgehead atoms. The summed E-state index contributed by atoms with van der Waals surface area (Å²) in [5.74, 6) is 0. The molecule has 3 heteroatoms. The summed E-state index contributed by atoms with van der Waals surface area (Å²) in [5, 5.41) is 11.4. The van der Waals surface area contributed by atoms with Crippen LogP contribution >= 0.6 is 23.2 Å². The van der Waals surface area contributed by atoms with Crippen LogP contribution in [0, 0.1) is 6.42 Å². The Morgan fingerprint density at radius 1 is 1.19 bits per heavy atom. The van der Waals surface area contributed by atoms with Gasteiger partial charge >= 0.3 is 0 Å². The minimum Gasteiger partial charge on any atom is -0.384 e. The molecule has 0 aliphatic heterocycles. The van der Waals surface area contributed by atoms with Crippen LogP contribution in [0.2, 0.25) is 5.02 Å². The number of hydrogen-bond donors (Lipinski definition) is 1. The second-order valence-corrected chi connectivity index (χ2v) is 4.44. The summed E-state index contributed by atoms with van der Waals surface area (Å²) in [4.78, 5) is 0. The maximum absolute atomic E-state index is 10.2. The van der Waals surface area contributed by atoms with E-state index in [2.05, 4.69) is 0 Å². The molecule has 0 saturated carbocycles. The van der Waals surface area contributed by atoms with Crippen molar-refractivity contribution in [3.8, 4) is 0 Å². The Morgan fingerprint density at radius 2 is 1.94 bits per heavy atom. The van der Waals surface area contributed by atoms with Gasteiger partial charge in [0.2, 0.25) is 0 Å². The van der Waals surface area contributed by atoms with E-state index in [1.165, 1.54) is 0 Å². The normalized spacial score (nSPS) is 17.7. The Balaban J connectivity index is 2.29. The van der Waals surface area contributed by atoms with Crippen LogP contribution in [0.3, 0.4) is 0 Å². The molecule has 1 atom stereocenters. The van der Waals surface area contributed by atoms with E-state index in [9.17, 15) is 5.11 Å². The number of benzene rings is 1. The fourth-order valence-corrected chi connectivity index (χ4v) is 2.11. The molecule has 1 radical (unpaired) electrons. The van der Waals surface area contributed by atoms with Gasteiger partial charge in [0, 0.05) is 15.6 Å². The van der Waals surface area contributed by atoms with Gasteiger partial charge in [0.25, 0.3) is 0 Å². The summed E-state index contributed by atoms with van der Waals surface area (Å²) in [7, 11) is 0. The monoisotopic (exact) mass is 253 g/mol. The first kappa shape index (κ1) is 11.7. The molecule has 16 heavy (non-hydrogen) atoms. The van der Waals surface area contributed by atoms with Crippen molar-refractivity contribution in [3.05, 3.63) is 64.0 Å². The van der Waals surface area contributed by atoms with Gasteiger partial charge < -0.3 is 5.11 Å². The first-order valence-corrected chi connectivity index (χ1v) is 5.77. The van der Waals surface area contributed by atoms with Crippen LogP contribution in [0.5, 0.6) is 0 Å². The number of aliphatic hydroxyl groups excluding tert-OH is 1. The zero-order valence-corrected chi connectivity index (χ0v) is 10.0. The molecule has 2 rings (SSSR count). The molecule has 1 N–H and O–H groups in total. The highest BCUT2D eigenvalue weighted by Crippen LogP contribution is 2.33. The van der Waals surface area contributed by atoms with Crippen LogP contribution in [-0.4, -0.2) is 5.11 Å². The highest BCUT2D eigenvalue weighted by molar-refractivity contribution is 6.31. The summed E-state index contributed by atoms with van der Waals surface area (Å²) in [6.07, 6.45) is 5.63. The van der Waals surface area contributed by atoms with E-state index in [-0.39, 0.29) is 0 Å². The highest BCUT2D eigenvalue weighted by atomic mass is 35.5. The molecule has 83 valence electrons. The van der Waals surface area contributed by atoms with Crippen molar-refractivity contribution >= 4 is 23.2 Å². The lowest BCUT2D eigenvalue weighted by Crippen LogP contribution is -2.05. The predicted octanol–water partition coefficient (Wildman–Crippen LogP) is 4.03. The van der Waals surface area contributed by atoms with E-state index in [0.29, 0.717) is 15.6 Å². The third-order valence-electron chi connectivity index (χ3n) is 2.49. The third kappa shape index (κ3) is 2.49. The Labute approximate surface area is 105 Å². The number of aliphatic hydroxyl groups is 1.